The number of hydrogen-bond acceptors (Lipinski definition) is 6. The van der Waals surface area contributed by atoms with Gasteiger partial charge in [-0.05, 0) is 96.3 Å². The van der Waals surface area contributed by atoms with E-state index < -0.39 is 6.10 Å². The van der Waals surface area contributed by atoms with E-state index in [1.807, 2.05) is 0 Å². The van der Waals surface area contributed by atoms with Gasteiger partial charge < -0.3 is 14.2 Å². The van der Waals surface area contributed by atoms with Crippen molar-refractivity contribution in [2.75, 3.05) is 13.2 Å². The lowest BCUT2D eigenvalue weighted by molar-refractivity contribution is -0.167. The summed E-state index contributed by atoms with van der Waals surface area (Å²) in [4.78, 5) is 38.1. The molecule has 67 heavy (non-hydrogen) atoms. The molecule has 6 nitrogen and oxygen atoms in total. The van der Waals surface area contributed by atoms with Gasteiger partial charge in [-0.3, -0.25) is 14.4 Å². The van der Waals surface area contributed by atoms with E-state index in [1.54, 1.807) is 0 Å². The van der Waals surface area contributed by atoms with Crippen molar-refractivity contribution in [1.29, 1.82) is 0 Å². The second-order valence-corrected chi connectivity index (χ2v) is 18.8. The van der Waals surface area contributed by atoms with Gasteiger partial charge in [0.1, 0.15) is 13.2 Å². The number of hydrogen-bond donors (Lipinski definition) is 0. The highest BCUT2D eigenvalue weighted by Crippen LogP contribution is 2.15. The second-order valence-electron chi connectivity index (χ2n) is 18.8. The molecule has 0 spiro atoms. The molecule has 0 amide bonds. The molecule has 0 aliphatic rings. The summed E-state index contributed by atoms with van der Waals surface area (Å²) < 4.78 is 16.8. The van der Waals surface area contributed by atoms with Gasteiger partial charge in [0.05, 0.1) is 0 Å². The maximum absolute atomic E-state index is 12.8. The smallest absolute Gasteiger partial charge is 0.306 e. The molecule has 0 radical (unpaired) electrons. The van der Waals surface area contributed by atoms with Crippen LogP contribution in [0.3, 0.4) is 0 Å². The molecule has 1 atom stereocenters. The van der Waals surface area contributed by atoms with Gasteiger partial charge in [0.2, 0.25) is 0 Å². The van der Waals surface area contributed by atoms with Crippen LogP contribution in [0.4, 0.5) is 0 Å². The van der Waals surface area contributed by atoms with E-state index in [2.05, 4.69) is 93.7 Å². The molecule has 386 valence electrons. The Labute approximate surface area is 414 Å². The van der Waals surface area contributed by atoms with Gasteiger partial charge in [-0.2, -0.15) is 0 Å². The van der Waals surface area contributed by atoms with Crippen LogP contribution in [0.2, 0.25) is 0 Å². The Hall–Kier alpha value is -3.15. The number of rotatable bonds is 51. The fraction of sp³-hybridized carbons (Fsp3) is 0.754. The Bertz CT molecular complexity index is 1260. The van der Waals surface area contributed by atoms with Crippen LogP contribution in [-0.4, -0.2) is 37.2 Å². The minimum Gasteiger partial charge on any atom is -0.462 e. The van der Waals surface area contributed by atoms with E-state index in [0.717, 1.165) is 89.9 Å². The number of unbranched alkanes of at least 4 members (excludes halogenated alkanes) is 28. The third-order valence-electron chi connectivity index (χ3n) is 12.2. The van der Waals surface area contributed by atoms with Crippen LogP contribution in [0, 0.1) is 0 Å². The molecule has 0 rings (SSSR count). The van der Waals surface area contributed by atoms with Crippen molar-refractivity contribution in [1.82, 2.24) is 0 Å². The van der Waals surface area contributed by atoms with Gasteiger partial charge in [0, 0.05) is 19.3 Å². The lowest BCUT2D eigenvalue weighted by atomic mass is 10.0. The maximum atomic E-state index is 12.8. The van der Waals surface area contributed by atoms with Crippen LogP contribution in [0.25, 0.3) is 0 Å². The molecule has 0 fully saturated rings. The molecule has 0 aromatic carbocycles. The Morgan fingerprint density at radius 3 is 0.896 bits per heavy atom. The van der Waals surface area contributed by atoms with E-state index in [1.165, 1.54) is 141 Å². The first-order valence-corrected chi connectivity index (χ1v) is 28.4. The zero-order chi connectivity index (χ0) is 48.6. The third-order valence-corrected chi connectivity index (χ3v) is 12.2. The third kappa shape index (κ3) is 53.7. The van der Waals surface area contributed by atoms with Crippen molar-refractivity contribution >= 4 is 17.9 Å². The summed E-state index contributed by atoms with van der Waals surface area (Å²) in [5, 5.41) is 0. The molecule has 0 unspecified atom stereocenters. The summed E-state index contributed by atoms with van der Waals surface area (Å²) in [6.07, 6.45) is 70.3. The second kappa shape index (κ2) is 55.4. The first-order valence-electron chi connectivity index (χ1n) is 28.4. The Morgan fingerprint density at radius 2 is 0.537 bits per heavy atom. The Morgan fingerprint density at radius 1 is 0.299 bits per heavy atom. The van der Waals surface area contributed by atoms with Crippen LogP contribution in [0.1, 0.15) is 278 Å². The van der Waals surface area contributed by atoms with Gasteiger partial charge >= 0.3 is 17.9 Å². The average molecular weight is 936 g/mol. The molecule has 0 saturated heterocycles. The minimum atomic E-state index is -0.803. The molecule has 0 aromatic heterocycles. The van der Waals surface area contributed by atoms with Crippen LogP contribution in [-0.2, 0) is 28.6 Å². The SMILES string of the molecule is CCCCC/C=C\C/C=C\C/C=C\CCCCCCC(=O)OC[C@H](COC(=O)CCCCCCCCCCCCCCCCCCC)OC(=O)CCCC/C=C\C/C=C\C/C=C\CCCCC. The van der Waals surface area contributed by atoms with Crippen LogP contribution < -0.4 is 0 Å². The largest absolute Gasteiger partial charge is 0.462 e. The number of esters is 3. The van der Waals surface area contributed by atoms with Crippen molar-refractivity contribution < 1.29 is 28.6 Å². The molecule has 0 aliphatic heterocycles. The van der Waals surface area contributed by atoms with Gasteiger partial charge in [0.25, 0.3) is 0 Å². The molecule has 0 aliphatic carbocycles. The molecular weight excluding hydrogens is 829 g/mol. The van der Waals surface area contributed by atoms with Crippen LogP contribution in [0.15, 0.2) is 72.9 Å². The van der Waals surface area contributed by atoms with Crippen molar-refractivity contribution in [3.63, 3.8) is 0 Å². The van der Waals surface area contributed by atoms with Crippen molar-refractivity contribution in [2.45, 2.75) is 284 Å². The van der Waals surface area contributed by atoms with E-state index in [0.29, 0.717) is 19.3 Å². The molecule has 0 saturated carbocycles. The van der Waals surface area contributed by atoms with Crippen molar-refractivity contribution in [2.24, 2.45) is 0 Å². The number of ether oxygens (including phenoxy) is 3. The maximum Gasteiger partial charge on any atom is 0.306 e. The topological polar surface area (TPSA) is 78.9 Å². The molecule has 0 aromatic rings. The summed E-state index contributed by atoms with van der Waals surface area (Å²) in [7, 11) is 0. The first-order chi connectivity index (χ1) is 33.0. The Kier molecular flexibility index (Phi) is 52.8. The fourth-order valence-corrected chi connectivity index (χ4v) is 7.87. The van der Waals surface area contributed by atoms with Gasteiger partial charge in [0.15, 0.2) is 6.10 Å². The summed E-state index contributed by atoms with van der Waals surface area (Å²) >= 11 is 0. The van der Waals surface area contributed by atoms with E-state index >= 15 is 0 Å². The monoisotopic (exact) mass is 935 g/mol. The highest BCUT2D eigenvalue weighted by atomic mass is 16.6. The fourth-order valence-electron chi connectivity index (χ4n) is 7.87. The average Bonchev–Trinajstić information content (AvgIpc) is 3.33. The molecule has 6 heteroatoms. The summed E-state index contributed by atoms with van der Waals surface area (Å²) in [6.45, 7) is 6.55. The number of allylic oxidation sites excluding steroid dienone is 12. The molecule has 0 heterocycles. The van der Waals surface area contributed by atoms with Crippen molar-refractivity contribution in [3.8, 4) is 0 Å². The normalized spacial score (nSPS) is 12.6. The first kappa shape index (κ1) is 63.8. The van der Waals surface area contributed by atoms with Gasteiger partial charge in [-0.15, -0.1) is 0 Å². The van der Waals surface area contributed by atoms with Gasteiger partial charge in [-0.25, -0.2) is 0 Å². The molecule has 0 N–H and O–H groups in total. The van der Waals surface area contributed by atoms with Crippen molar-refractivity contribution in [3.05, 3.63) is 72.9 Å². The van der Waals surface area contributed by atoms with E-state index in [4.69, 9.17) is 14.2 Å². The summed E-state index contributed by atoms with van der Waals surface area (Å²) in [6, 6.07) is 0. The molecular formula is C61H106O6. The highest BCUT2D eigenvalue weighted by molar-refractivity contribution is 5.71. The standard InChI is InChI=1S/C61H106O6/c1-4-7-10-13-16-19-22-25-28-30-33-35-38-41-44-47-50-53-59(62)65-56-58(67-61(64)55-52-49-46-43-40-37-32-27-24-21-18-15-12-9-6-3)57-66-60(63)54-51-48-45-42-39-36-34-31-29-26-23-20-17-14-11-8-5-2/h16,18-19,21,25,27-28,32-33,35,40,43,58H,4-15,17,20,22-24,26,29-31,34,36-39,41-42,44-57H2,1-3H3/b19-16-,21-18-,28-25-,32-27-,35-33-,43-40-/t58-/m1/s1. The number of carbonyl (C=O) groups is 3. The lowest BCUT2D eigenvalue weighted by Crippen LogP contribution is -2.30. The quantitative estimate of drug-likeness (QED) is 0.0262. The lowest BCUT2D eigenvalue weighted by Gasteiger charge is -2.18. The summed E-state index contributed by atoms with van der Waals surface area (Å²) in [5.41, 5.74) is 0. The predicted octanol–water partition coefficient (Wildman–Crippen LogP) is 19.0. The zero-order valence-corrected chi connectivity index (χ0v) is 44.2. The summed E-state index contributed by atoms with van der Waals surface area (Å²) in [5.74, 6) is -0.949. The zero-order valence-electron chi connectivity index (χ0n) is 44.2. The molecule has 0 bridgehead atoms. The minimum absolute atomic E-state index is 0.0960. The highest BCUT2D eigenvalue weighted by Gasteiger charge is 2.19. The van der Waals surface area contributed by atoms with E-state index in [9.17, 15) is 14.4 Å². The van der Waals surface area contributed by atoms with Gasteiger partial charge in [-0.1, -0.05) is 235 Å². The van der Waals surface area contributed by atoms with E-state index in [-0.39, 0.29) is 37.5 Å². The van der Waals surface area contributed by atoms with Crippen LogP contribution in [0.5, 0.6) is 0 Å². The van der Waals surface area contributed by atoms with Crippen LogP contribution >= 0.6 is 0 Å². The predicted molar refractivity (Wildman–Crippen MR) is 288 cm³/mol. The Balaban J connectivity index is 4.45. The number of carbonyl (C=O) groups excluding carboxylic acids is 3.